The van der Waals surface area contributed by atoms with Gasteiger partial charge in [0.05, 0.1) is 0 Å². The van der Waals surface area contributed by atoms with Gasteiger partial charge in [0, 0.05) is 12.8 Å². The fraction of sp³-hybridized carbons (Fsp3) is 0.375. The molecule has 0 radical (unpaired) electrons. The highest BCUT2D eigenvalue weighted by Crippen LogP contribution is 1.91. The summed E-state index contributed by atoms with van der Waals surface area (Å²) in [6.07, 6.45) is 6.04. The highest BCUT2D eigenvalue weighted by atomic mass is 15.3. The molecule has 1 rings (SSSR count). The van der Waals surface area contributed by atoms with Crippen molar-refractivity contribution in [3.8, 4) is 0 Å². The quantitative estimate of drug-likeness (QED) is 0.473. The number of hydrogen-bond donors (Lipinski definition) is 2. The second-order valence-corrected chi connectivity index (χ2v) is 2.39. The van der Waals surface area contributed by atoms with E-state index in [9.17, 15) is 0 Å². The summed E-state index contributed by atoms with van der Waals surface area (Å²) >= 11 is 0. The minimum atomic E-state index is 0.348. The molecule has 0 saturated heterocycles. The van der Waals surface area contributed by atoms with E-state index >= 15 is 0 Å². The Morgan fingerprint density at radius 2 is 2.50 bits per heavy atom. The van der Waals surface area contributed by atoms with Crippen LogP contribution in [0.4, 0.5) is 0 Å². The Kier molecular flexibility index (Phi) is 3.19. The lowest BCUT2D eigenvalue weighted by Gasteiger charge is -2.02. The maximum absolute atomic E-state index is 7.41. The van der Waals surface area contributed by atoms with Crippen molar-refractivity contribution in [1.29, 1.82) is 5.41 Å². The first-order chi connectivity index (χ1) is 5.84. The molecule has 0 unspecified atom stereocenters. The van der Waals surface area contributed by atoms with Crippen molar-refractivity contribution >= 4 is 17.8 Å². The van der Waals surface area contributed by atoms with Crippen molar-refractivity contribution in [2.45, 2.75) is 13.3 Å². The number of allylic oxidation sites excluding steroid dienone is 1. The molecule has 0 aliphatic carbocycles. The van der Waals surface area contributed by atoms with Gasteiger partial charge in [-0.25, -0.2) is 4.99 Å². The summed E-state index contributed by atoms with van der Waals surface area (Å²) < 4.78 is 0. The Morgan fingerprint density at radius 3 is 3.17 bits per heavy atom. The number of hydrogen-bond acceptors (Lipinski definition) is 3. The average molecular weight is 164 g/mol. The molecule has 1 aliphatic heterocycles. The van der Waals surface area contributed by atoms with E-state index in [1.807, 2.05) is 0 Å². The van der Waals surface area contributed by atoms with Crippen LogP contribution in [0.5, 0.6) is 0 Å². The normalized spacial score (nSPS) is 18.8. The van der Waals surface area contributed by atoms with Crippen molar-refractivity contribution in [1.82, 2.24) is 5.43 Å². The zero-order chi connectivity index (χ0) is 8.81. The van der Waals surface area contributed by atoms with Gasteiger partial charge < -0.3 is 5.43 Å². The second kappa shape index (κ2) is 4.43. The minimum absolute atomic E-state index is 0.348. The molecule has 12 heavy (non-hydrogen) atoms. The molecule has 4 nitrogen and oxygen atoms in total. The van der Waals surface area contributed by atoms with Crippen LogP contribution in [-0.4, -0.2) is 24.3 Å². The van der Waals surface area contributed by atoms with Crippen LogP contribution in [0.2, 0.25) is 0 Å². The number of dihydropyridines is 1. The van der Waals surface area contributed by atoms with E-state index in [1.54, 1.807) is 18.4 Å². The van der Waals surface area contributed by atoms with E-state index in [0.717, 1.165) is 13.0 Å². The Hall–Kier alpha value is -1.45. The van der Waals surface area contributed by atoms with Gasteiger partial charge in [-0.1, -0.05) is 6.92 Å². The molecule has 2 N–H and O–H groups in total. The Bertz CT molecular complexity index is 250. The van der Waals surface area contributed by atoms with Crippen molar-refractivity contribution in [2.75, 3.05) is 6.54 Å². The van der Waals surface area contributed by atoms with Crippen LogP contribution < -0.4 is 5.43 Å². The highest BCUT2D eigenvalue weighted by Gasteiger charge is 2.03. The molecule has 1 aliphatic rings. The first-order valence-corrected chi connectivity index (χ1v) is 3.95. The Balaban J connectivity index is 2.51. The van der Waals surface area contributed by atoms with Crippen LogP contribution >= 0.6 is 0 Å². The summed E-state index contributed by atoms with van der Waals surface area (Å²) in [5, 5.41) is 11.4. The number of nitrogens with zero attached hydrogens (tertiary/aromatic N) is 2. The molecule has 0 fully saturated rings. The SMILES string of the molecule is CCCN/N=C1/N=CC=CC1=N. The lowest BCUT2D eigenvalue weighted by Crippen LogP contribution is -2.17. The average Bonchev–Trinajstić information content (AvgIpc) is 2.09. The molecule has 4 heteroatoms. The van der Waals surface area contributed by atoms with Gasteiger partial charge in [0.2, 0.25) is 0 Å². The number of nitrogens with one attached hydrogen (secondary N) is 2. The van der Waals surface area contributed by atoms with E-state index in [4.69, 9.17) is 5.41 Å². The highest BCUT2D eigenvalue weighted by molar-refractivity contribution is 6.47. The molecular formula is C8H12N4. The lowest BCUT2D eigenvalue weighted by molar-refractivity contribution is 0.716. The molecule has 0 spiro atoms. The molecule has 0 atom stereocenters. The maximum atomic E-state index is 7.41. The van der Waals surface area contributed by atoms with Gasteiger partial charge in [0.25, 0.3) is 0 Å². The Morgan fingerprint density at radius 1 is 1.67 bits per heavy atom. The molecule has 0 amide bonds. The summed E-state index contributed by atoms with van der Waals surface area (Å²) in [7, 11) is 0. The van der Waals surface area contributed by atoms with Gasteiger partial charge in [0.15, 0.2) is 5.84 Å². The van der Waals surface area contributed by atoms with E-state index in [-0.39, 0.29) is 0 Å². The third-order valence-corrected chi connectivity index (χ3v) is 1.33. The first-order valence-electron chi connectivity index (χ1n) is 3.95. The van der Waals surface area contributed by atoms with Gasteiger partial charge >= 0.3 is 0 Å². The topological polar surface area (TPSA) is 60.6 Å². The molecule has 0 bridgehead atoms. The van der Waals surface area contributed by atoms with Crippen LogP contribution in [0.3, 0.4) is 0 Å². The molecule has 0 aromatic rings. The zero-order valence-corrected chi connectivity index (χ0v) is 7.04. The monoisotopic (exact) mass is 164 g/mol. The van der Waals surface area contributed by atoms with Crippen molar-refractivity contribution < 1.29 is 0 Å². The first kappa shape index (κ1) is 8.64. The molecule has 0 saturated carbocycles. The van der Waals surface area contributed by atoms with Gasteiger partial charge in [-0.15, -0.1) is 0 Å². The lowest BCUT2D eigenvalue weighted by atomic mass is 10.3. The third kappa shape index (κ3) is 2.30. The van der Waals surface area contributed by atoms with Gasteiger partial charge in [-0.2, -0.15) is 5.10 Å². The van der Waals surface area contributed by atoms with Crippen LogP contribution in [0.25, 0.3) is 0 Å². The zero-order valence-electron chi connectivity index (χ0n) is 7.04. The third-order valence-electron chi connectivity index (χ3n) is 1.33. The number of aliphatic imine (C=N–C) groups is 1. The summed E-state index contributed by atoms with van der Waals surface area (Å²) in [4.78, 5) is 3.93. The number of rotatable bonds is 3. The summed E-state index contributed by atoms with van der Waals surface area (Å²) in [5.74, 6) is 0.450. The largest absolute Gasteiger partial charge is 0.308 e. The molecule has 0 aromatic carbocycles. The van der Waals surface area contributed by atoms with Crippen LogP contribution in [0, 0.1) is 5.41 Å². The van der Waals surface area contributed by atoms with Gasteiger partial charge in [0.1, 0.15) is 5.71 Å². The van der Waals surface area contributed by atoms with Gasteiger partial charge in [-0.3, -0.25) is 5.41 Å². The van der Waals surface area contributed by atoms with Crippen molar-refractivity contribution in [3.63, 3.8) is 0 Å². The fourth-order valence-electron chi connectivity index (χ4n) is 0.729. The summed E-state index contributed by atoms with van der Waals surface area (Å²) in [6, 6.07) is 0. The molecular weight excluding hydrogens is 152 g/mol. The molecule has 0 aromatic heterocycles. The van der Waals surface area contributed by atoms with Crippen LogP contribution in [0.15, 0.2) is 22.2 Å². The van der Waals surface area contributed by atoms with E-state index in [0.29, 0.717) is 11.5 Å². The summed E-state index contributed by atoms with van der Waals surface area (Å²) in [5.41, 5.74) is 3.18. The van der Waals surface area contributed by atoms with E-state index in [2.05, 4.69) is 22.4 Å². The van der Waals surface area contributed by atoms with Gasteiger partial charge in [-0.05, 0) is 18.6 Å². The molecule has 1 heterocycles. The Labute approximate surface area is 71.6 Å². The van der Waals surface area contributed by atoms with Crippen LogP contribution in [0.1, 0.15) is 13.3 Å². The summed E-state index contributed by atoms with van der Waals surface area (Å²) in [6.45, 7) is 2.87. The predicted molar refractivity (Wildman–Crippen MR) is 51.1 cm³/mol. The number of hydrazone groups is 1. The second-order valence-electron chi connectivity index (χ2n) is 2.39. The fourth-order valence-corrected chi connectivity index (χ4v) is 0.729. The predicted octanol–water partition coefficient (Wildman–Crippen LogP) is 0.960. The van der Waals surface area contributed by atoms with E-state index < -0.39 is 0 Å². The minimum Gasteiger partial charge on any atom is -0.308 e. The molecule has 64 valence electrons. The van der Waals surface area contributed by atoms with Crippen LogP contribution in [-0.2, 0) is 0 Å². The maximum Gasteiger partial charge on any atom is 0.196 e. The number of amidine groups is 1. The smallest absolute Gasteiger partial charge is 0.196 e. The van der Waals surface area contributed by atoms with Crippen molar-refractivity contribution in [2.24, 2.45) is 10.1 Å². The van der Waals surface area contributed by atoms with Crippen molar-refractivity contribution in [3.05, 3.63) is 12.2 Å². The standard InChI is InChI=1S/C8H12N4/c1-2-5-11-12-8-7(9)4-3-6-10-8/h3-4,6,9,11H,2,5H2,1H3/b9-7?,12-8+. The van der Waals surface area contributed by atoms with E-state index in [1.165, 1.54) is 0 Å².